The summed E-state index contributed by atoms with van der Waals surface area (Å²) >= 11 is 0. The summed E-state index contributed by atoms with van der Waals surface area (Å²) < 4.78 is 0. The van der Waals surface area contributed by atoms with E-state index in [2.05, 4.69) is 66.7 Å². The molecule has 1 heteroatoms. The van der Waals surface area contributed by atoms with Gasteiger partial charge in [0.1, 0.15) is 0 Å². The molecule has 104 valence electrons. The molecule has 2 aliphatic rings. The first-order valence-corrected chi connectivity index (χ1v) is 7.42. The smallest absolute Gasteiger partial charge is 0.0787 e. The molecule has 0 spiro atoms. The van der Waals surface area contributed by atoms with Gasteiger partial charge in [0.25, 0.3) is 0 Å². The minimum absolute atomic E-state index is 0.996. The monoisotopic (exact) mass is 281 g/mol. The van der Waals surface area contributed by atoms with Crippen molar-refractivity contribution >= 4 is 0 Å². The van der Waals surface area contributed by atoms with Gasteiger partial charge in [0.2, 0.25) is 0 Å². The largest absolute Gasteiger partial charge is 0.247 e. The lowest BCUT2D eigenvalue weighted by Gasteiger charge is -2.04. The van der Waals surface area contributed by atoms with E-state index in [4.69, 9.17) is 4.98 Å². The van der Waals surface area contributed by atoms with Crippen LogP contribution in [-0.4, -0.2) is 4.98 Å². The van der Waals surface area contributed by atoms with Crippen LogP contribution in [0.2, 0.25) is 0 Å². The molecule has 2 aromatic rings. The number of benzene rings is 2. The molecule has 0 amide bonds. The summed E-state index contributed by atoms with van der Waals surface area (Å²) in [4.78, 5) is 4.98. The highest BCUT2D eigenvalue weighted by atomic mass is 14.7. The van der Waals surface area contributed by atoms with Gasteiger partial charge in [-0.05, 0) is 11.6 Å². The topological polar surface area (TPSA) is 12.9 Å². The number of hydrogen-bond donors (Lipinski definition) is 0. The summed E-state index contributed by atoms with van der Waals surface area (Å²) in [5.74, 6) is 0. The molecule has 4 rings (SSSR count). The van der Waals surface area contributed by atoms with Crippen molar-refractivity contribution in [3.63, 3.8) is 0 Å². The van der Waals surface area contributed by atoms with Crippen molar-refractivity contribution in [1.82, 2.24) is 4.98 Å². The maximum absolute atomic E-state index is 4.98. The predicted molar refractivity (Wildman–Crippen MR) is 91.7 cm³/mol. The van der Waals surface area contributed by atoms with Gasteiger partial charge in [-0.1, -0.05) is 84.9 Å². The fraction of sp³-hybridized carbons (Fsp3) is 0. The molecule has 0 fully saturated rings. The molecule has 0 saturated carbocycles. The normalized spacial score (nSPS) is 10.7. The van der Waals surface area contributed by atoms with E-state index < -0.39 is 0 Å². The second kappa shape index (κ2) is 5.45. The highest BCUT2D eigenvalue weighted by Crippen LogP contribution is 2.33. The van der Waals surface area contributed by atoms with Crippen LogP contribution in [0.15, 0.2) is 91.0 Å². The summed E-state index contributed by atoms with van der Waals surface area (Å²) in [6.07, 6.45) is 0. The molecule has 0 atom stereocenters. The maximum atomic E-state index is 4.98. The summed E-state index contributed by atoms with van der Waals surface area (Å²) in [5, 5.41) is 0. The first kappa shape index (κ1) is 12.8. The standard InChI is InChI=1S/C21H15N/c1-3-8-17(9-4-1)20-15-14-16-12-7-13-19(16)21(22-20)18-10-5-2-6-11-18/h1-15H. The molecule has 1 aliphatic heterocycles. The van der Waals surface area contributed by atoms with E-state index in [1.807, 2.05) is 24.3 Å². The Morgan fingerprint density at radius 2 is 1.09 bits per heavy atom. The van der Waals surface area contributed by atoms with Crippen LogP contribution in [-0.2, 0) is 0 Å². The van der Waals surface area contributed by atoms with Crippen LogP contribution in [0.3, 0.4) is 0 Å². The molecule has 22 heavy (non-hydrogen) atoms. The van der Waals surface area contributed by atoms with Gasteiger partial charge >= 0.3 is 0 Å². The number of hydrogen-bond acceptors (Lipinski definition) is 1. The molecule has 0 radical (unpaired) electrons. The lowest BCUT2D eigenvalue weighted by atomic mass is 10.0. The Morgan fingerprint density at radius 1 is 0.455 bits per heavy atom. The highest BCUT2D eigenvalue weighted by molar-refractivity contribution is 5.83. The van der Waals surface area contributed by atoms with Crippen molar-refractivity contribution in [2.75, 3.05) is 0 Å². The van der Waals surface area contributed by atoms with Crippen LogP contribution in [0.1, 0.15) is 0 Å². The Balaban J connectivity index is 2.00. The van der Waals surface area contributed by atoms with Crippen molar-refractivity contribution in [1.29, 1.82) is 0 Å². The number of aromatic nitrogens is 1. The fourth-order valence-electron chi connectivity index (χ4n) is 2.77. The van der Waals surface area contributed by atoms with E-state index in [9.17, 15) is 0 Å². The Labute approximate surface area is 130 Å². The Hall–Kier alpha value is -2.93. The Bertz CT molecular complexity index is 866. The second-order valence-electron chi connectivity index (χ2n) is 5.31. The van der Waals surface area contributed by atoms with Crippen LogP contribution < -0.4 is 0 Å². The van der Waals surface area contributed by atoms with Gasteiger partial charge in [-0.25, -0.2) is 4.98 Å². The Morgan fingerprint density at radius 3 is 1.82 bits per heavy atom. The number of fused-ring (bicyclic) bond motifs is 1. The molecule has 1 nitrogen and oxygen atoms in total. The average molecular weight is 281 g/mol. The molecular formula is C21H15N. The first-order chi connectivity index (χ1) is 10.9. The number of nitrogens with zero attached hydrogens (tertiary/aromatic N) is 1. The zero-order valence-corrected chi connectivity index (χ0v) is 12.1. The van der Waals surface area contributed by atoms with Crippen molar-refractivity contribution in [3.05, 3.63) is 91.0 Å². The molecule has 1 heterocycles. The lowest BCUT2D eigenvalue weighted by Crippen LogP contribution is -1.85. The van der Waals surface area contributed by atoms with Crippen molar-refractivity contribution < 1.29 is 0 Å². The van der Waals surface area contributed by atoms with E-state index in [0.717, 1.165) is 22.5 Å². The predicted octanol–water partition coefficient (Wildman–Crippen LogP) is 5.52. The molecule has 1 aliphatic carbocycles. The molecule has 0 aromatic heterocycles. The molecule has 0 N–H and O–H groups in total. The van der Waals surface area contributed by atoms with Crippen LogP contribution in [0.5, 0.6) is 0 Å². The van der Waals surface area contributed by atoms with E-state index >= 15 is 0 Å². The SMILES string of the molecule is c1ccc(-c2ccc3cccc-3c(-c3ccccc3)n2)cc1. The lowest BCUT2D eigenvalue weighted by molar-refractivity contribution is 1.36. The van der Waals surface area contributed by atoms with E-state index in [1.54, 1.807) is 0 Å². The molecule has 0 unspecified atom stereocenters. The summed E-state index contributed by atoms with van der Waals surface area (Å²) in [6.45, 7) is 0. The third-order valence-electron chi connectivity index (χ3n) is 3.87. The van der Waals surface area contributed by atoms with Gasteiger partial charge in [-0.15, -0.1) is 0 Å². The van der Waals surface area contributed by atoms with E-state index in [1.165, 1.54) is 11.1 Å². The van der Waals surface area contributed by atoms with Gasteiger partial charge in [0.15, 0.2) is 0 Å². The van der Waals surface area contributed by atoms with Gasteiger partial charge in [-0.2, -0.15) is 0 Å². The Kier molecular flexibility index (Phi) is 3.17. The second-order valence-corrected chi connectivity index (χ2v) is 5.31. The van der Waals surface area contributed by atoms with Gasteiger partial charge in [-0.3, -0.25) is 0 Å². The highest BCUT2D eigenvalue weighted by Gasteiger charge is 2.11. The molecule has 0 saturated heterocycles. The number of rotatable bonds is 2. The van der Waals surface area contributed by atoms with E-state index in [-0.39, 0.29) is 0 Å². The summed E-state index contributed by atoms with van der Waals surface area (Å²) in [7, 11) is 0. The quantitative estimate of drug-likeness (QED) is 0.471. The zero-order chi connectivity index (χ0) is 14.8. The van der Waals surface area contributed by atoms with Gasteiger partial charge < -0.3 is 0 Å². The average Bonchev–Trinajstić information content (AvgIpc) is 2.98. The van der Waals surface area contributed by atoms with Crippen LogP contribution >= 0.6 is 0 Å². The van der Waals surface area contributed by atoms with Crippen LogP contribution in [0, 0.1) is 0 Å². The third-order valence-corrected chi connectivity index (χ3v) is 3.87. The molecule has 2 aromatic carbocycles. The zero-order valence-electron chi connectivity index (χ0n) is 12.1. The maximum Gasteiger partial charge on any atom is 0.0787 e. The van der Waals surface area contributed by atoms with Crippen molar-refractivity contribution in [2.45, 2.75) is 0 Å². The minimum Gasteiger partial charge on any atom is -0.247 e. The van der Waals surface area contributed by atoms with Crippen LogP contribution in [0.4, 0.5) is 0 Å². The first-order valence-electron chi connectivity index (χ1n) is 7.42. The van der Waals surface area contributed by atoms with Crippen LogP contribution in [0.25, 0.3) is 33.6 Å². The summed E-state index contributed by atoms with van der Waals surface area (Å²) in [6, 6.07) is 31.3. The van der Waals surface area contributed by atoms with Gasteiger partial charge in [0, 0.05) is 16.7 Å². The van der Waals surface area contributed by atoms with Crippen molar-refractivity contribution in [3.8, 4) is 33.6 Å². The fourth-order valence-corrected chi connectivity index (χ4v) is 2.77. The third kappa shape index (κ3) is 2.27. The van der Waals surface area contributed by atoms with Crippen molar-refractivity contribution in [2.24, 2.45) is 0 Å². The van der Waals surface area contributed by atoms with E-state index in [0.29, 0.717) is 0 Å². The molecule has 0 bridgehead atoms. The van der Waals surface area contributed by atoms with Gasteiger partial charge in [0.05, 0.1) is 11.4 Å². The summed E-state index contributed by atoms with van der Waals surface area (Å²) in [5.41, 5.74) is 6.71. The molecular weight excluding hydrogens is 266 g/mol. The minimum atomic E-state index is 0.996.